The SMILES string of the molecule is COc1cc(C=C2C(=O)NC(=S)NC2=O)ccc1OCc1cccc(Cl)c1. The first-order chi connectivity index (χ1) is 13.0. The quantitative estimate of drug-likeness (QED) is 0.457. The third-order valence-electron chi connectivity index (χ3n) is 3.73. The van der Waals surface area contributed by atoms with Crippen LogP contribution in [0.15, 0.2) is 48.0 Å². The van der Waals surface area contributed by atoms with E-state index in [2.05, 4.69) is 10.6 Å². The molecule has 0 bridgehead atoms. The number of hydrogen-bond acceptors (Lipinski definition) is 5. The summed E-state index contributed by atoms with van der Waals surface area (Å²) in [4.78, 5) is 23.9. The highest BCUT2D eigenvalue weighted by Gasteiger charge is 2.25. The Balaban J connectivity index is 1.80. The van der Waals surface area contributed by atoms with E-state index in [1.54, 1.807) is 24.3 Å². The van der Waals surface area contributed by atoms with Gasteiger partial charge in [-0.2, -0.15) is 0 Å². The summed E-state index contributed by atoms with van der Waals surface area (Å²) in [5, 5.41) is 5.40. The molecule has 27 heavy (non-hydrogen) atoms. The van der Waals surface area contributed by atoms with Crippen LogP contribution in [0.2, 0.25) is 5.02 Å². The van der Waals surface area contributed by atoms with Crippen molar-refractivity contribution in [2.75, 3.05) is 7.11 Å². The molecule has 2 amide bonds. The smallest absolute Gasteiger partial charge is 0.263 e. The number of thiocarbonyl (C=S) groups is 1. The van der Waals surface area contributed by atoms with Crippen molar-refractivity contribution >= 4 is 46.8 Å². The zero-order chi connectivity index (χ0) is 19.4. The van der Waals surface area contributed by atoms with Gasteiger partial charge in [0.25, 0.3) is 11.8 Å². The highest BCUT2D eigenvalue weighted by Crippen LogP contribution is 2.30. The van der Waals surface area contributed by atoms with Gasteiger partial charge in [0.2, 0.25) is 0 Å². The summed E-state index contributed by atoms with van der Waals surface area (Å²) < 4.78 is 11.1. The van der Waals surface area contributed by atoms with Gasteiger partial charge in [0.15, 0.2) is 16.6 Å². The molecule has 138 valence electrons. The van der Waals surface area contributed by atoms with Crippen LogP contribution < -0.4 is 20.1 Å². The first-order valence-electron chi connectivity index (χ1n) is 7.90. The molecular formula is C19H15ClN2O4S. The number of methoxy groups -OCH3 is 1. The molecule has 0 saturated carbocycles. The monoisotopic (exact) mass is 402 g/mol. The van der Waals surface area contributed by atoms with Gasteiger partial charge in [-0.3, -0.25) is 20.2 Å². The Kier molecular flexibility index (Phi) is 5.73. The Morgan fingerprint density at radius 2 is 1.81 bits per heavy atom. The van der Waals surface area contributed by atoms with Gasteiger partial charge in [0, 0.05) is 5.02 Å². The first-order valence-corrected chi connectivity index (χ1v) is 8.68. The van der Waals surface area contributed by atoms with Crippen molar-refractivity contribution in [3.8, 4) is 11.5 Å². The molecule has 2 N–H and O–H groups in total. The molecule has 2 aromatic rings. The molecule has 8 heteroatoms. The van der Waals surface area contributed by atoms with Crippen molar-refractivity contribution in [2.45, 2.75) is 6.61 Å². The molecule has 3 rings (SSSR count). The number of carbonyl (C=O) groups excluding carboxylic acids is 2. The third-order valence-corrected chi connectivity index (χ3v) is 4.16. The fraction of sp³-hybridized carbons (Fsp3) is 0.105. The molecule has 1 fully saturated rings. The fourth-order valence-corrected chi connectivity index (χ4v) is 2.85. The Hall–Kier alpha value is -2.90. The summed E-state index contributed by atoms with van der Waals surface area (Å²) in [5.41, 5.74) is 1.48. The summed E-state index contributed by atoms with van der Waals surface area (Å²) in [6.45, 7) is 0.319. The number of nitrogens with one attached hydrogen (secondary N) is 2. The van der Waals surface area contributed by atoms with E-state index in [1.165, 1.54) is 13.2 Å². The molecule has 1 aliphatic rings. The predicted molar refractivity (Wildman–Crippen MR) is 106 cm³/mol. The average molecular weight is 403 g/mol. The van der Waals surface area contributed by atoms with Crippen molar-refractivity contribution < 1.29 is 19.1 Å². The van der Waals surface area contributed by atoms with E-state index in [1.807, 2.05) is 18.2 Å². The molecule has 0 aromatic heterocycles. The molecule has 0 aliphatic carbocycles. The van der Waals surface area contributed by atoms with Gasteiger partial charge in [-0.1, -0.05) is 29.8 Å². The van der Waals surface area contributed by atoms with E-state index in [0.717, 1.165) is 5.56 Å². The summed E-state index contributed by atoms with van der Waals surface area (Å²) in [6.07, 6.45) is 1.45. The third kappa shape index (κ3) is 4.64. The number of carbonyl (C=O) groups is 2. The minimum absolute atomic E-state index is 0.00973. The maximum absolute atomic E-state index is 11.9. The molecule has 1 aliphatic heterocycles. The van der Waals surface area contributed by atoms with E-state index >= 15 is 0 Å². The molecule has 1 heterocycles. The molecule has 6 nitrogen and oxygen atoms in total. The summed E-state index contributed by atoms with van der Waals surface area (Å²) >= 11 is 10.7. The van der Waals surface area contributed by atoms with Gasteiger partial charge in [0.1, 0.15) is 12.2 Å². The zero-order valence-corrected chi connectivity index (χ0v) is 15.8. The van der Waals surface area contributed by atoms with Crippen molar-refractivity contribution in [3.63, 3.8) is 0 Å². The molecule has 0 atom stereocenters. The predicted octanol–water partition coefficient (Wildman–Crippen LogP) is 2.84. The van der Waals surface area contributed by atoms with Crippen molar-refractivity contribution in [1.82, 2.24) is 10.6 Å². The van der Waals surface area contributed by atoms with Gasteiger partial charge in [-0.15, -0.1) is 0 Å². The summed E-state index contributed by atoms with van der Waals surface area (Å²) in [6, 6.07) is 12.5. The number of halogens is 1. The number of benzene rings is 2. The average Bonchev–Trinajstić information content (AvgIpc) is 2.63. The number of hydrogen-bond donors (Lipinski definition) is 2. The number of ether oxygens (including phenoxy) is 2. The van der Waals surface area contributed by atoms with E-state index in [-0.39, 0.29) is 10.7 Å². The van der Waals surface area contributed by atoms with Gasteiger partial charge in [-0.05, 0) is 53.7 Å². The lowest BCUT2D eigenvalue weighted by Gasteiger charge is -2.16. The van der Waals surface area contributed by atoms with Crippen LogP contribution >= 0.6 is 23.8 Å². The largest absolute Gasteiger partial charge is 0.493 e. The Morgan fingerprint density at radius 3 is 2.48 bits per heavy atom. The van der Waals surface area contributed by atoms with Crippen LogP contribution in [-0.4, -0.2) is 24.0 Å². The van der Waals surface area contributed by atoms with Crippen LogP contribution in [0.4, 0.5) is 0 Å². The van der Waals surface area contributed by atoms with E-state index in [9.17, 15) is 9.59 Å². The molecular weight excluding hydrogens is 388 g/mol. The summed E-state index contributed by atoms with van der Waals surface area (Å²) in [5.74, 6) is -0.107. The molecule has 0 unspecified atom stereocenters. The second-order valence-electron chi connectivity index (χ2n) is 5.62. The van der Waals surface area contributed by atoms with Crippen molar-refractivity contribution in [1.29, 1.82) is 0 Å². The van der Waals surface area contributed by atoms with Crippen LogP contribution in [0.1, 0.15) is 11.1 Å². The Labute approximate surface area is 166 Å². The molecule has 0 radical (unpaired) electrons. The lowest BCUT2D eigenvalue weighted by molar-refractivity contribution is -0.123. The summed E-state index contributed by atoms with van der Waals surface area (Å²) in [7, 11) is 1.51. The maximum Gasteiger partial charge on any atom is 0.263 e. The van der Waals surface area contributed by atoms with Crippen LogP contribution in [-0.2, 0) is 16.2 Å². The maximum atomic E-state index is 11.9. The van der Waals surface area contributed by atoms with Crippen molar-refractivity contribution in [3.05, 3.63) is 64.2 Å². The van der Waals surface area contributed by atoms with Crippen LogP contribution in [0.3, 0.4) is 0 Å². The number of amides is 2. The van der Waals surface area contributed by atoms with Crippen molar-refractivity contribution in [2.24, 2.45) is 0 Å². The van der Waals surface area contributed by atoms with Crippen LogP contribution in [0, 0.1) is 0 Å². The minimum atomic E-state index is -0.552. The lowest BCUT2D eigenvalue weighted by atomic mass is 10.1. The van der Waals surface area contributed by atoms with Gasteiger partial charge in [0.05, 0.1) is 7.11 Å². The van der Waals surface area contributed by atoms with E-state index in [4.69, 9.17) is 33.3 Å². The Morgan fingerprint density at radius 1 is 1.07 bits per heavy atom. The van der Waals surface area contributed by atoms with Crippen LogP contribution in [0.5, 0.6) is 11.5 Å². The van der Waals surface area contributed by atoms with Gasteiger partial charge in [-0.25, -0.2) is 0 Å². The topological polar surface area (TPSA) is 76.7 Å². The zero-order valence-electron chi connectivity index (χ0n) is 14.2. The molecule has 2 aromatic carbocycles. The van der Waals surface area contributed by atoms with E-state index < -0.39 is 11.8 Å². The van der Waals surface area contributed by atoms with Gasteiger partial charge >= 0.3 is 0 Å². The normalized spacial score (nSPS) is 13.7. The lowest BCUT2D eigenvalue weighted by Crippen LogP contribution is -2.51. The highest BCUT2D eigenvalue weighted by atomic mass is 35.5. The fourth-order valence-electron chi connectivity index (χ4n) is 2.45. The Bertz CT molecular complexity index is 936. The minimum Gasteiger partial charge on any atom is -0.493 e. The van der Waals surface area contributed by atoms with Gasteiger partial charge < -0.3 is 9.47 Å². The number of rotatable bonds is 5. The van der Waals surface area contributed by atoms with Crippen LogP contribution in [0.25, 0.3) is 6.08 Å². The highest BCUT2D eigenvalue weighted by molar-refractivity contribution is 7.80. The second-order valence-corrected chi connectivity index (χ2v) is 6.47. The second kappa shape index (κ2) is 8.20. The van der Waals surface area contributed by atoms with E-state index in [0.29, 0.717) is 28.7 Å². The molecule has 0 spiro atoms. The standard InChI is InChI=1S/C19H15ClN2O4S/c1-25-16-9-11(8-14-17(23)21-19(27)22-18(14)24)5-6-15(16)26-10-12-3-2-4-13(20)7-12/h2-9H,10H2,1H3,(H2,21,22,23,24,27). The first kappa shape index (κ1) is 18.9. The molecule has 1 saturated heterocycles.